The molecule has 5 unspecified atom stereocenters. The summed E-state index contributed by atoms with van der Waals surface area (Å²) in [6.45, 7) is 3.53. The number of nitrogens with one attached hydrogen (secondary N) is 3. The molecule has 4 saturated heterocycles. The third-order valence-corrected chi connectivity index (χ3v) is 8.43. The van der Waals surface area contributed by atoms with Gasteiger partial charge in [-0.3, -0.25) is 4.79 Å². The van der Waals surface area contributed by atoms with Crippen molar-refractivity contribution in [3.8, 4) is 0 Å². The highest BCUT2D eigenvalue weighted by Crippen LogP contribution is 2.40. The summed E-state index contributed by atoms with van der Waals surface area (Å²) in [5, 5.41) is 7.52. The number of amides is 1. The summed E-state index contributed by atoms with van der Waals surface area (Å²) in [7, 11) is 0. The summed E-state index contributed by atoms with van der Waals surface area (Å²) in [5.41, 5.74) is 1.91. The number of benzene rings is 1. The molecule has 7 rings (SSSR count). The monoisotopic (exact) mass is 427 g/mol. The van der Waals surface area contributed by atoms with Crippen LogP contribution in [0.2, 0.25) is 0 Å². The van der Waals surface area contributed by atoms with E-state index in [9.17, 15) is 4.79 Å². The molecule has 2 bridgehead atoms. The zero-order chi connectivity index (χ0) is 20.2. The predicted molar refractivity (Wildman–Crippen MR) is 118 cm³/mol. The second-order valence-electron chi connectivity index (χ2n) is 9.74. The van der Waals surface area contributed by atoms with Crippen LogP contribution in [0.25, 0.3) is 11.0 Å². The number of carbonyl (C=O) groups excluding carboxylic acids is 1. The number of alkyl halides is 1. The quantitative estimate of drug-likeness (QED) is 0.658. The van der Waals surface area contributed by atoms with Crippen molar-refractivity contribution in [2.24, 2.45) is 11.8 Å². The number of para-hydroxylation sites is 2. The van der Waals surface area contributed by atoms with Crippen LogP contribution in [-0.4, -0.2) is 63.9 Å². The van der Waals surface area contributed by atoms with Gasteiger partial charge in [0.15, 0.2) is 0 Å². The number of aromatic nitrogens is 2. The van der Waals surface area contributed by atoms with Gasteiger partial charge in [-0.15, -0.1) is 11.6 Å². The molecule has 1 aromatic heterocycles. The zero-order valence-electron chi connectivity index (χ0n) is 17.2. The van der Waals surface area contributed by atoms with Gasteiger partial charge in [0.05, 0.1) is 11.0 Å². The van der Waals surface area contributed by atoms with Crippen molar-refractivity contribution in [3.63, 3.8) is 0 Å². The number of halogens is 1. The Morgan fingerprint density at radius 1 is 1.13 bits per heavy atom. The van der Waals surface area contributed by atoms with Gasteiger partial charge in [-0.05, 0) is 69.2 Å². The van der Waals surface area contributed by atoms with Crippen LogP contribution >= 0.6 is 11.6 Å². The number of piperidine rings is 4. The van der Waals surface area contributed by atoms with Crippen LogP contribution in [0.4, 0.5) is 0 Å². The fourth-order valence-corrected chi connectivity index (χ4v) is 6.78. The molecular weight excluding hydrogens is 398 g/mol. The molecule has 1 aliphatic carbocycles. The van der Waals surface area contributed by atoms with E-state index in [0.29, 0.717) is 17.9 Å². The van der Waals surface area contributed by atoms with Gasteiger partial charge in [0.25, 0.3) is 0 Å². The molecule has 0 spiro atoms. The normalized spacial score (nSPS) is 40.9. The lowest BCUT2D eigenvalue weighted by atomic mass is 9.70. The third-order valence-electron chi connectivity index (χ3n) is 8.03. The SMILES string of the molecule is O=C1NC2CCC(Cl)CC2C(N[C@@H]2CN3CCC2CC3)C1c1nc2ccccc2[nH]1. The summed E-state index contributed by atoms with van der Waals surface area (Å²) >= 11 is 6.63. The van der Waals surface area contributed by atoms with E-state index in [0.717, 1.165) is 42.7 Å². The molecule has 5 heterocycles. The van der Waals surface area contributed by atoms with E-state index in [1.807, 2.05) is 24.3 Å². The Labute approximate surface area is 182 Å². The topological polar surface area (TPSA) is 73.1 Å². The van der Waals surface area contributed by atoms with E-state index in [-0.39, 0.29) is 29.3 Å². The number of fused-ring (bicyclic) bond motifs is 5. The molecule has 30 heavy (non-hydrogen) atoms. The maximum Gasteiger partial charge on any atom is 0.232 e. The lowest BCUT2D eigenvalue weighted by molar-refractivity contribution is -0.128. The highest BCUT2D eigenvalue weighted by molar-refractivity contribution is 6.20. The highest BCUT2D eigenvalue weighted by Gasteiger charge is 2.49. The fraction of sp³-hybridized carbons (Fsp3) is 0.652. The number of aromatic amines is 1. The molecule has 6 nitrogen and oxygen atoms in total. The number of hydrogen-bond donors (Lipinski definition) is 3. The molecule has 5 fully saturated rings. The van der Waals surface area contributed by atoms with Gasteiger partial charge in [-0.25, -0.2) is 4.98 Å². The Kier molecular flexibility index (Phi) is 4.77. The number of imidazole rings is 1. The molecule has 4 aliphatic heterocycles. The molecule has 2 aromatic rings. The van der Waals surface area contributed by atoms with Gasteiger partial charge in [0.1, 0.15) is 11.7 Å². The van der Waals surface area contributed by atoms with E-state index in [1.54, 1.807) is 0 Å². The summed E-state index contributed by atoms with van der Waals surface area (Å²) in [6.07, 6.45) is 5.42. The Balaban J connectivity index is 1.36. The molecule has 7 heteroatoms. The number of nitrogens with zero attached hydrogens (tertiary/aromatic N) is 2. The standard InChI is InChI=1S/C23H30ClN5O/c24-14-5-6-16-15(11-14)21(25-19-12-29-9-7-13(19)8-10-29)20(23(30)28-16)22-26-17-3-1-2-4-18(17)27-22/h1-4,13-16,19-21,25H,5-12H2,(H,26,27)(H,28,30)/t14?,15?,16?,19-,20?,21?/m1/s1. The van der Waals surface area contributed by atoms with Crippen molar-refractivity contribution in [2.45, 2.75) is 61.5 Å². The predicted octanol–water partition coefficient (Wildman–Crippen LogP) is 2.60. The van der Waals surface area contributed by atoms with E-state index in [4.69, 9.17) is 16.6 Å². The number of rotatable bonds is 3. The lowest BCUT2D eigenvalue weighted by Gasteiger charge is -2.51. The van der Waals surface area contributed by atoms with E-state index >= 15 is 0 Å². The van der Waals surface area contributed by atoms with Gasteiger partial charge >= 0.3 is 0 Å². The molecule has 1 saturated carbocycles. The summed E-state index contributed by atoms with van der Waals surface area (Å²) in [6, 6.07) is 8.76. The first-order valence-electron chi connectivity index (χ1n) is 11.5. The number of H-pyrrole nitrogens is 1. The first kappa shape index (κ1) is 19.1. The van der Waals surface area contributed by atoms with Crippen molar-refractivity contribution in [1.82, 2.24) is 25.5 Å². The van der Waals surface area contributed by atoms with Gasteiger partial charge in [0.2, 0.25) is 5.91 Å². The maximum absolute atomic E-state index is 13.4. The lowest BCUT2D eigenvalue weighted by Crippen LogP contribution is -2.66. The average Bonchev–Trinajstić information content (AvgIpc) is 3.19. The van der Waals surface area contributed by atoms with Crippen LogP contribution in [-0.2, 0) is 4.79 Å². The molecule has 5 aliphatic rings. The largest absolute Gasteiger partial charge is 0.352 e. The van der Waals surface area contributed by atoms with Crippen LogP contribution < -0.4 is 10.6 Å². The molecule has 0 radical (unpaired) electrons. The van der Waals surface area contributed by atoms with Gasteiger partial charge in [-0.2, -0.15) is 0 Å². The Morgan fingerprint density at radius 3 is 2.73 bits per heavy atom. The van der Waals surface area contributed by atoms with Crippen LogP contribution in [0.15, 0.2) is 24.3 Å². The Bertz CT molecular complexity index is 906. The van der Waals surface area contributed by atoms with Gasteiger partial charge in [0, 0.05) is 30.0 Å². The first-order chi connectivity index (χ1) is 14.7. The van der Waals surface area contributed by atoms with Gasteiger partial charge < -0.3 is 20.5 Å². The minimum Gasteiger partial charge on any atom is -0.352 e. The molecule has 160 valence electrons. The average molecular weight is 428 g/mol. The smallest absolute Gasteiger partial charge is 0.232 e. The second-order valence-corrected chi connectivity index (χ2v) is 10.4. The summed E-state index contributed by atoms with van der Waals surface area (Å²) in [4.78, 5) is 24.2. The third kappa shape index (κ3) is 3.24. The summed E-state index contributed by atoms with van der Waals surface area (Å²) < 4.78 is 0. The molecular formula is C23H30ClN5O. The number of hydrogen-bond acceptors (Lipinski definition) is 4. The molecule has 3 N–H and O–H groups in total. The van der Waals surface area contributed by atoms with Crippen LogP contribution in [0.1, 0.15) is 43.8 Å². The van der Waals surface area contributed by atoms with Crippen LogP contribution in [0.5, 0.6) is 0 Å². The second kappa shape index (κ2) is 7.50. The maximum atomic E-state index is 13.4. The van der Waals surface area contributed by atoms with Crippen molar-refractivity contribution in [3.05, 3.63) is 30.1 Å². The fourth-order valence-electron chi connectivity index (χ4n) is 6.45. The molecule has 1 aromatic carbocycles. The molecule has 1 amide bonds. The summed E-state index contributed by atoms with van der Waals surface area (Å²) in [5.74, 6) is 1.62. The highest BCUT2D eigenvalue weighted by atomic mass is 35.5. The minimum absolute atomic E-state index is 0.0661. The van der Waals surface area contributed by atoms with Crippen molar-refractivity contribution < 1.29 is 4.79 Å². The van der Waals surface area contributed by atoms with Gasteiger partial charge in [-0.1, -0.05) is 12.1 Å². The van der Waals surface area contributed by atoms with E-state index < -0.39 is 0 Å². The van der Waals surface area contributed by atoms with E-state index in [1.165, 1.54) is 25.9 Å². The Hall–Kier alpha value is -1.63. The molecule has 6 atom stereocenters. The van der Waals surface area contributed by atoms with Crippen molar-refractivity contribution >= 4 is 28.5 Å². The number of carbonyl (C=O) groups is 1. The Morgan fingerprint density at radius 2 is 1.97 bits per heavy atom. The first-order valence-corrected chi connectivity index (χ1v) is 12.0. The van der Waals surface area contributed by atoms with E-state index in [2.05, 4.69) is 20.5 Å². The van der Waals surface area contributed by atoms with Crippen LogP contribution in [0.3, 0.4) is 0 Å². The van der Waals surface area contributed by atoms with Crippen molar-refractivity contribution in [2.75, 3.05) is 19.6 Å². The van der Waals surface area contributed by atoms with Crippen LogP contribution in [0, 0.1) is 11.8 Å². The zero-order valence-corrected chi connectivity index (χ0v) is 17.9. The van der Waals surface area contributed by atoms with Crippen molar-refractivity contribution in [1.29, 1.82) is 0 Å². The minimum atomic E-state index is -0.309.